The molecule has 1 N–H and O–H groups in total. The molecule has 0 saturated carbocycles. The predicted octanol–water partition coefficient (Wildman–Crippen LogP) is 3.70. The number of rotatable bonds is 7. The number of ether oxygens (including phenoxy) is 2. The fourth-order valence-corrected chi connectivity index (χ4v) is 2.64. The van der Waals surface area contributed by atoms with Gasteiger partial charge in [0.25, 0.3) is 5.91 Å². The van der Waals surface area contributed by atoms with Gasteiger partial charge in [-0.1, -0.05) is 18.2 Å². The third-order valence-corrected chi connectivity index (χ3v) is 4.16. The number of carbonyl (C=O) groups is 2. The monoisotopic (exact) mass is 379 g/mol. The molecule has 0 bridgehead atoms. The molecule has 1 heterocycles. The molecule has 0 saturated heterocycles. The first kappa shape index (κ1) is 19.2. The summed E-state index contributed by atoms with van der Waals surface area (Å²) in [6.45, 7) is 1.76. The molecule has 0 spiro atoms. The number of fused-ring (bicyclic) bond motifs is 1. The lowest BCUT2D eigenvalue weighted by Crippen LogP contribution is -2.35. The average molecular weight is 379 g/mol. The minimum Gasteiger partial charge on any atom is -0.497 e. The number of esters is 1. The zero-order valence-electron chi connectivity index (χ0n) is 15.7. The summed E-state index contributed by atoms with van der Waals surface area (Å²) >= 11 is 0. The summed E-state index contributed by atoms with van der Waals surface area (Å²) in [7, 11) is 1.63. The van der Waals surface area contributed by atoms with E-state index in [0.29, 0.717) is 5.76 Å². The number of benzene rings is 2. The smallest absolute Gasteiger partial charge is 0.331 e. The highest BCUT2D eigenvalue weighted by molar-refractivity contribution is 5.92. The van der Waals surface area contributed by atoms with Gasteiger partial charge in [0.2, 0.25) is 0 Å². The van der Waals surface area contributed by atoms with Crippen molar-refractivity contribution < 1.29 is 23.5 Å². The van der Waals surface area contributed by atoms with E-state index >= 15 is 0 Å². The molecule has 3 rings (SSSR count). The van der Waals surface area contributed by atoms with Crippen molar-refractivity contribution in [1.82, 2.24) is 5.32 Å². The summed E-state index contributed by atoms with van der Waals surface area (Å²) in [5, 5.41) is 4.72. The zero-order valence-corrected chi connectivity index (χ0v) is 15.7. The summed E-state index contributed by atoms with van der Waals surface area (Å²) in [5.41, 5.74) is 0.851. The number of hydrogen-bond acceptors (Lipinski definition) is 5. The highest BCUT2D eigenvalue weighted by Gasteiger charge is 2.16. The number of furan rings is 1. The Morgan fingerprint density at radius 1 is 1.14 bits per heavy atom. The van der Waals surface area contributed by atoms with Crippen molar-refractivity contribution in [3.8, 4) is 5.75 Å². The fourth-order valence-electron chi connectivity index (χ4n) is 2.64. The number of amides is 1. The zero-order chi connectivity index (χ0) is 19.9. The van der Waals surface area contributed by atoms with Crippen molar-refractivity contribution in [3.63, 3.8) is 0 Å². The standard InChI is InChI=1S/C22H21NO5/c1-15(22(25)23-14-20-4-3-11-27-20)28-21(24)10-6-16-5-7-18-13-19(26-2)9-8-17(18)12-16/h3-13,15H,14H2,1-2H3,(H,23,25)/b10-6+/t15-/m0/s1. The predicted molar refractivity (Wildman–Crippen MR) is 106 cm³/mol. The van der Waals surface area contributed by atoms with E-state index in [-0.39, 0.29) is 6.54 Å². The van der Waals surface area contributed by atoms with Crippen molar-refractivity contribution >= 4 is 28.7 Å². The van der Waals surface area contributed by atoms with Gasteiger partial charge in [0, 0.05) is 6.08 Å². The van der Waals surface area contributed by atoms with E-state index in [9.17, 15) is 9.59 Å². The van der Waals surface area contributed by atoms with Crippen LogP contribution in [0.25, 0.3) is 16.8 Å². The molecule has 6 nitrogen and oxygen atoms in total. The fraction of sp³-hybridized carbons (Fsp3) is 0.182. The van der Waals surface area contributed by atoms with E-state index in [0.717, 1.165) is 22.1 Å². The molecule has 1 aromatic heterocycles. The van der Waals surface area contributed by atoms with Crippen LogP contribution in [-0.2, 0) is 20.9 Å². The van der Waals surface area contributed by atoms with Gasteiger partial charge < -0.3 is 19.2 Å². The Kier molecular flexibility index (Phi) is 6.11. The highest BCUT2D eigenvalue weighted by Crippen LogP contribution is 2.22. The van der Waals surface area contributed by atoms with E-state index < -0.39 is 18.0 Å². The summed E-state index contributed by atoms with van der Waals surface area (Å²) < 4.78 is 15.5. The Hall–Kier alpha value is -3.54. The van der Waals surface area contributed by atoms with E-state index in [1.807, 2.05) is 36.4 Å². The molecule has 0 aliphatic rings. The first-order valence-electron chi connectivity index (χ1n) is 8.82. The molecule has 1 atom stereocenters. The van der Waals surface area contributed by atoms with Crippen LogP contribution in [0.1, 0.15) is 18.2 Å². The maximum absolute atomic E-state index is 12.0. The van der Waals surface area contributed by atoms with Crippen molar-refractivity contribution in [3.05, 3.63) is 72.2 Å². The highest BCUT2D eigenvalue weighted by atomic mass is 16.5. The van der Waals surface area contributed by atoms with Gasteiger partial charge in [-0.3, -0.25) is 4.79 Å². The number of hydrogen-bond donors (Lipinski definition) is 1. The largest absolute Gasteiger partial charge is 0.497 e. The van der Waals surface area contributed by atoms with Crippen LogP contribution in [0.4, 0.5) is 0 Å². The first-order valence-corrected chi connectivity index (χ1v) is 8.82. The maximum Gasteiger partial charge on any atom is 0.331 e. The van der Waals surface area contributed by atoms with Crippen LogP contribution in [0.5, 0.6) is 5.75 Å². The molecule has 0 unspecified atom stereocenters. The van der Waals surface area contributed by atoms with Crippen LogP contribution in [0, 0.1) is 0 Å². The van der Waals surface area contributed by atoms with E-state index in [2.05, 4.69) is 5.32 Å². The van der Waals surface area contributed by atoms with Gasteiger partial charge in [-0.2, -0.15) is 0 Å². The lowest BCUT2D eigenvalue weighted by atomic mass is 10.1. The third kappa shape index (κ3) is 5.01. The van der Waals surface area contributed by atoms with Gasteiger partial charge in [-0.25, -0.2) is 4.79 Å². The summed E-state index contributed by atoms with van der Waals surface area (Å²) in [6.07, 6.45) is 3.58. The molecule has 144 valence electrons. The van der Waals surface area contributed by atoms with Crippen molar-refractivity contribution in [2.75, 3.05) is 7.11 Å². The Morgan fingerprint density at radius 2 is 1.93 bits per heavy atom. The van der Waals surface area contributed by atoms with Gasteiger partial charge in [-0.05, 0) is 59.7 Å². The lowest BCUT2D eigenvalue weighted by molar-refractivity contribution is -0.150. The summed E-state index contributed by atoms with van der Waals surface area (Å²) in [5.74, 6) is 0.438. The number of carbonyl (C=O) groups excluding carboxylic acids is 2. The maximum atomic E-state index is 12.0. The second-order valence-electron chi connectivity index (χ2n) is 6.18. The number of methoxy groups -OCH3 is 1. The SMILES string of the molecule is COc1ccc2cc(/C=C/C(=O)O[C@@H](C)C(=O)NCc3ccco3)ccc2c1. The Labute approximate surface area is 162 Å². The molecule has 2 aromatic carbocycles. The van der Waals surface area contributed by atoms with E-state index in [4.69, 9.17) is 13.9 Å². The van der Waals surface area contributed by atoms with Crippen LogP contribution >= 0.6 is 0 Å². The molecule has 28 heavy (non-hydrogen) atoms. The van der Waals surface area contributed by atoms with Gasteiger partial charge in [0.1, 0.15) is 11.5 Å². The van der Waals surface area contributed by atoms with Gasteiger partial charge >= 0.3 is 5.97 Å². The minimum atomic E-state index is -0.906. The molecule has 0 aliphatic carbocycles. The van der Waals surface area contributed by atoms with Gasteiger partial charge in [0.15, 0.2) is 6.10 Å². The normalized spacial score (nSPS) is 12.1. The second-order valence-corrected chi connectivity index (χ2v) is 6.18. The van der Waals surface area contributed by atoms with Crippen LogP contribution in [0.15, 0.2) is 65.3 Å². The van der Waals surface area contributed by atoms with Crippen LogP contribution < -0.4 is 10.1 Å². The van der Waals surface area contributed by atoms with E-state index in [1.54, 1.807) is 25.3 Å². The second kappa shape index (κ2) is 8.90. The molecular formula is C22H21NO5. The van der Waals surface area contributed by atoms with Gasteiger partial charge in [0.05, 0.1) is 19.9 Å². The first-order chi connectivity index (χ1) is 13.5. The molecule has 6 heteroatoms. The molecule has 0 aliphatic heterocycles. The summed E-state index contributed by atoms with van der Waals surface area (Å²) in [6, 6.07) is 15.1. The average Bonchev–Trinajstić information content (AvgIpc) is 3.23. The summed E-state index contributed by atoms with van der Waals surface area (Å²) in [4.78, 5) is 24.0. The quantitative estimate of drug-likeness (QED) is 0.500. The number of nitrogens with one attached hydrogen (secondary N) is 1. The lowest BCUT2D eigenvalue weighted by Gasteiger charge is -2.11. The van der Waals surface area contributed by atoms with Crippen molar-refractivity contribution in [2.24, 2.45) is 0 Å². The molecule has 1 amide bonds. The third-order valence-electron chi connectivity index (χ3n) is 4.16. The molecule has 3 aromatic rings. The van der Waals surface area contributed by atoms with Crippen LogP contribution in [-0.4, -0.2) is 25.1 Å². The molecule has 0 fully saturated rings. The Balaban J connectivity index is 1.55. The molecular weight excluding hydrogens is 358 g/mol. The van der Waals surface area contributed by atoms with E-state index in [1.165, 1.54) is 19.3 Å². The Bertz CT molecular complexity index is 991. The minimum absolute atomic E-state index is 0.242. The van der Waals surface area contributed by atoms with Crippen LogP contribution in [0.3, 0.4) is 0 Å². The Morgan fingerprint density at radius 3 is 2.68 bits per heavy atom. The topological polar surface area (TPSA) is 77.8 Å². The van der Waals surface area contributed by atoms with Crippen molar-refractivity contribution in [1.29, 1.82) is 0 Å². The van der Waals surface area contributed by atoms with Gasteiger partial charge in [-0.15, -0.1) is 0 Å². The van der Waals surface area contributed by atoms with Crippen LogP contribution in [0.2, 0.25) is 0 Å². The molecule has 0 radical (unpaired) electrons. The van der Waals surface area contributed by atoms with Crippen molar-refractivity contribution in [2.45, 2.75) is 19.6 Å².